The molecule has 1 heterocycles. The van der Waals surface area contributed by atoms with Gasteiger partial charge in [0.05, 0.1) is 23.7 Å². The third kappa shape index (κ3) is 3.37. The Hall–Kier alpha value is -1.99. The number of aliphatic hydroxyl groups is 1. The number of nitro benzene ring substituents is 1. The van der Waals surface area contributed by atoms with Gasteiger partial charge in [0, 0.05) is 19.2 Å². The number of morpholine rings is 1. The van der Waals surface area contributed by atoms with Gasteiger partial charge in [0.1, 0.15) is 5.56 Å². The molecule has 1 N–H and O–H groups in total. The van der Waals surface area contributed by atoms with E-state index >= 15 is 0 Å². The Balaban J connectivity index is 2.31. The fourth-order valence-electron chi connectivity index (χ4n) is 2.46. The van der Waals surface area contributed by atoms with Crippen LogP contribution in [-0.4, -0.2) is 52.7 Å². The van der Waals surface area contributed by atoms with Crippen LogP contribution in [0.4, 0.5) is 5.69 Å². The zero-order chi connectivity index (χ0) is 15.6. The molecule has 2 unspecified atom stereocenters. The van der Waals surface area contributed by atoms with E-state index in [2.05, 4.69) is 0 Å². The molecule has 0 radical (unpaired) electrons. The van der Waals surface area contributed by atoms with Crippen LogP contribution < -0.4 is 0 Å². The maximum atomic E-state index is 12.6. The van der Waals surface area contributed by atoms with Crippen molar-refractivity contribution in [3.05, 3.63) is 39.4 Å². The Morgan fingerprint density at radius 3 is 2.86 bits per heavy atom. The summed E-state index contributed by atoms with van der Waals surface area (Å²) in [6, 6.07) is 4.47. The maximum absolute atomic E-state index is 12.6. The van der Waals surface area contributed by atoms with E-state index in [1.165, 1.54) is 17.0 Å². The van der Waals surface area contributed by atoms with Gasteiger partial charge in [-0.15, -0.1) is 0 Å². The predicted molar refractivity (Wildman–Crippen MR) is 75.2 cm³/mol. The fraction of sp³-hybridized carbons (Fsp3) is 0.500. The first-order chi connectivity index (χ1) is 9.92. The molecule has 1 aromatic carbocycles. The number of hydrogen-bond donors (Lipinski definition) is 1. The Kier molecular flexibility index (Phi) is 4.54. The number of aliphatic hydroxyl groups excluding tert-OH is 1. The van der Waals surface area contributed by atoms with Crippen molar-refractivity contribution in [1.29, 1.82) is 0 Å². The van der Waals surface area contributed by atoms with Gasteiger partial charge in [0.25, 0.3) is 11.6 Å². The van der Waals surface area contributed by atoms with Crippen LogP contribution in [0.1, 0.15) is 22.8 Å². The van der Waals surface area contributed by atoms with Crippen LogP contribution in [0.15, 0.2) is 18.2 Å². The van der Waals surface area contributed by atoms with Crippen molar-refractivity contribution >= 4 is 11.6 Å². The molecule has 1 aliphatic heterocycles. The van der Waals surface area contributed by atoms with E-state index in [0.29, 0.717) is 6.54 Å². The molecule has 1 amide bonds. The molecular formula is C14H18N2O5. The number of hydrogen-bond acceptors (Lipinski definition) is 5. The second kappa shape index (κ2) is 6.19. The molecule has 0 bridgehead atoms. The smallest absolute Gasteiger partial charge is 0.282 e. The number of aryl methyl sites for hydroxylation is 1. The molecule has 0 spiro atoms. The van der Waals surface area contributed by atoms with E-state index in [4.69, 9.17) is 4.74 Å². The van der Waals surface area contributed by atoms with Gasteiger partial charge in [-0.3, -0.25) is 14.9 Å². The molecule has 1 aromatic rings. The highest BCUT2D eigenvalue weighted by Gasteiger charge is 2.31. The monoisotopic (exact) mass is 294 g/mol. The van der Waals surface area contributed by atoms with Gasteiger partial charge >= 0.3 is 0 Å². The number of carbonyl (C=O) groups is 1. The van der Waals surface area contributed by atoms with E-state index in [9.17, 15) is 20.0 Å². The summed E-state index contributed by atoms with van der Waals surface area (Å²) >= 11 is 0. The largest absolute Gasteiger partial charge is 0.394 e. The van der Waals surface area contributed by atoms with Gasteiger partial charge in [0.15, 0.2) is 0 Å². The minimum atomic E-state index is -0.555. The Labute approximate surface area is 122 Å². The average molecular weight is 294 g/mol. The highest BCUT2D eigenvalue weighted by Crippen LogP contribution is 2.23. The summed E-state index contributed by atoms with van der Waals surface area (Å²) in [5.41, 5.74) is 0.653. The molecule has 0 saturated carbocycles. The molecular weight excluding hydrogens is 276 g/mol. The molecule has 0 aliphatic carbocycles. The van der Waals surface area contributed by atoms with Crippen LogP contribution in [-0.2, 0) is 4.74 Å². The molecule has 7 heteroatoms. The van der Waals surface area contributed by atoms with Crippen molar-refractivity contribution in [3.8, 4) is 0 Å². The normalized spacial score (nSPS) is 22.1. The van der Waals surface area contributed by atoms with E-state index in [-0.39, 0.29) is 30.5 Å². The lowest BCUT2D eigenvalue weighted by Crippen LogP contribution is -2.50. The number of nitro groups is 1. The summed E-state index contributed by atoms with van der Waals surface area (Å²) in [7, 11) is 0. The van der Waals surface area contributed by atoms with Gasteiger partial charge in [-0.2, -0.15) is 0 Å². The van der Waals surface area contributed by atoms with E-state index < -0.39 is 16.9 Å². The lowest BCUT2D eigenvalue weighted by molar-refractivity contribution is -0.385. The van der Waals surface area contributed by atoms with Crippen molar-refractivity contribution < 1.29 is 19.6 Å². The zero-order valence-corrected chi connectivity index (χ0v) is 12.0. The van der Waals surface area contributed by atoms with Crippen LogP contribution in [0.3, 0.4) is 0 Å². The van der Waals surface area contributed by atoms with Crippen LogP contribution >= 0.6 is 0 Å². The molecule has 2 rings (SSSR count). The minimum absolute atomic E-state index is 0.0748. The number of ether oxygens (including phenoxy) is 1. The standard InChI is InChI=1S/C14H18N2O5/c1-9-3-4-13(16(19)20)12(5-9)14(18)15-6-10(2)21-11(7-15)8-17/h3-5,10-11,17H,6-8H2,1-2H3. The molecule has 1 saturated heterocycles. The van der Waals surface area contributed by atoms with Crippen LogP contribution in [0.25, 0.3) is 0 Å². The number of benzene rings is 1. The molecule has 114 valence electrons. The zero-order valence-electron chi connectivity index (χ0n) is 12.0. The van der Waals surface area contributed by atoms with Crippen molar-refractivity contribution in [2.45, 2.75) is 26.1 Å². The first-order valence-electron chi connectivity index (χ1n) is 6.73. The number of rotatable bonds is 3. The number of carbonyl (C=O) groups excluding carboxylic acids is 1. The van der Waals surface area contributed by atoms with Gasteiger partial charge in [-0.1, -0.05) is 6.07 Å². The lowest BCUT2D eigenvalue weighted by atomic mass is 10.1. The second-order valence-corrected chi connectivity index (χ2v) is 5.24. The molecule has 0 aromatic heterocycles. The third-order valence-corrected chi connectivity index (χ3v) is 3.40. The Morgan fingerprint density at radius 2 is 2.24 bits per heavy atom. The average Bonchev–Trinajstić information content (AvgIpc) is 2.45. The summed E-state index contributed by atoms with van der Waals surface area (Å²) in [6.07, 6.45) is -0.676. The fourth-order valence-corrected chi connectivity index (χ4v) is 2.46. The second-order valence-electron chi connectivity index (χ2n) is 5.24. The molecule has 7 nitrogen and oxygen atoms in total. The van der Waals surface area contributed by atoms with Gasteiger partial charge < -0.3 is 14.7 Å². The quantitative estimate of drug-likeness (QED) is 0.666. The molecule has 1 aliphatic rings. The summed E-state index contributed by atoms with van der Waals surface area (Å²) in [6.45, 7) is 3.96. The van der Waals surface area contributed by atoms with Gasteiger partial charge in [-0.05, 0) is 25.5 Å². The highest BCUT2D eigenvalue weighted by atomic mass is 16.6. The molecule has 21 heavy (non-hydrogen) atoms. The Morgan fingerprint density at radius 1 is 1.52 bits per heavy atom. The number of amides is 1. The van der Waals surface area contributed by atoms with Gasteiger partial charge in [-0.25, -0.2) is 0 Å². The first kappa shape index (κ1) is 15.4. The van der Waals surface area contributed by atoms with E-state index in [0.717, 1.165) is 5.56 Å². The lowest BCUT2D eigenvalue weighted by Gasteiger charge is -2.36. The molecule has 2 atom stereocenters. The van der Waals surface area contributed by atoms with E-state index in [1.54, 1.807) is 19.9 Å². The van der Waals surface area contributed by atoms with Crippen LogP contribution in [0, 0.1) is 17.0 Å². The number of nitrogens with zero attached hydrogens (tertiary/aromatic N) is 2. The SMILES string of the molecule is Cc1ccc([N+](=O)[O-])c(C(=O)N2CC(C)OC(CO)C2)c1. The summed E-state index contributed by atoms with van der Waals surface area (Å²) in [5, 5.41) is 20.3. The topological polar surface area (TPSA) is 92.9 Å². The molecule has 1 fully saturated rings. The Bertz CT molecular complexity index is 560. The third-order valence-electron chi connectivity index (χ3n) is 3.40. The van der Waals surface area contributed by atoms with Crippen molar-refractivity contribution in [1.82, 2.24) is 4.90 Å². The van der Waals surface area contributed by atoms with E-state index in [1.807, 2.05) is 0 Å². The summed E-state index contributed by atoms with van der Waals surface area (Å²) < 4.78 is 5.48. The maximum Gasteiger partial charge on any atom is 0.282 e. The van der Waals surface area contributed by atoms with Crippen LogP contribution in [0.5, 0.6) is 0 Å². The summed E-state index contributed by atoms with van der Waals surface area (Å²) in [4.78, 5) is 24.6. The van der Waals surface area contributed by atoms with Crippen molar-refractivity contribution in [2.24, 2.45) is 0 Å². The van der Waals surface area contributed by atoms with Crippen LogP contribution in [0.2, 0.25) is 0 Å². The van der Waals surface area contributed by atoms with Gasteiger partial charge in [0.2, 0.25) is 0 Å². The van der Waals surface area contributed by atoms with Crippen molar-refractivity contribution in [3.63, 3.8) is 0 Å². The predicted octanol–water partition coefficient (Wildman–Crippen LogP) is 1.13. The van der Waals surface area contributed by atoms with Crippen molar-refractivity contribution in [2.75, 3.05) is 19.7 Å². The minimum Gasteiger partial charge on any atom is -0.394 e. The first-order valence-corrected chi connectivity index (χ1v) is 6.73. The highest BCUT2D eigenvalue weighted by molar-refractivity contribution is 5.98. The summed E-state index contributed by atoms with van der Waals surface area (Å²) in [5.74, 6) is -0.404.